The Bertz CT molecular complexity index is 688. The molecule has 8 heteroatoms. The molecule has 0 unspecified atom stereocenters. The van der Waals surface area contributed by atoms with Crippen molar-refractivity contribution in [2.45, 2.75) is 6.92 Å². The summed E-state index contributed by atoms with van der Waals surface area (Å²) in [7, 11) is 1.62. The van der Waals surface area contributed by atoms with Crippen LogP contribution in [0, 0.1) is 0 Å². The van der Waals surface area contributed by atoms with Gasteiger partial charge in [-0.2, -0.15) is 0 Å². The van der Waals surface area contributed by atoms with Crippen LogP contribution < -0.4 is 15.4 Å². The maximum Gasteiger partial charge on any atom is 0.222 e. The van der Waals surface area contributed by atoms with Gasteiger partial charge in [0.1, 0.15) is 5.75 Å². The number of halogens is 1. The largest absolute Gasteiger partial charge is 0.496 e. The Morgan fingerprint density at radius 1 is 1.48 bits per heavy atom. The van der Waals surface area contributed by atoms with E-state index in [4.69, 9.17) is 17.0 Å². The van der Waals surface area contributed by atoms with Crippen LogP contribution in [-0.2, 0) is 4.79 Å². The van der Waals surface area contributed by atoms with Gasteiger partial charge in [0.25, 0.3) is 0 Å². The van der Waals surface area contributed by atoms with Crippen LogP contribution in [0.3, 0.4) is 0 Å². The van der Waals surface area contributed by atoms with Crippen molar-refractivity contribution < 1.29 is 9.53 Å². The quantitative estimate of drug-likeness (QED) is 0.792. The maximum absolute atomic E-state index is 10.9. The first kappa shape index (κ1) is 15.9. The topological polar surface area (TPSA) is 63.2 Å². The van der Waals surface area contributed by atoms with Gasteiger partial charge in [-0.05, 0) is 46.3 Å². The van der Waals surface area contributed by atoms with Crippen molar-refractivity contribution in [3.05, 3.63) is 28.1 Å². The molecule has 5 nitrogen and oxygen atoms in total. The van der Waals surface area contributed by atoms with E-state index in [0.717, 1.165) is 21.5 Å². The Kier molecular flexibility index (Phi) is 5.27. The first-order chi connectivity index (χ1) is 9.99. The molecule has 0 aliphatic rings. The molecule has 0 radical (unpaired) electrons. The van der Waals surface area contributed by atoms with Crippen LogP contribution in [0.4, 0.5) is 5.13 Å². The molecule has 1 aromatic heterocycles. The number of aromatic nitrogens is 1. The molecule has 0 aliphatic carbocycles. The third-order valence-corrected chi connectivity index (χ3v) is 4.04. The van der Waals surface area contributed by atoms with Gasteiger partial charge in [-0.25, -0.2) is 4.98 Å². The third-order valence-electron chi connectivity index (χ3n) is 2.46. The number of thiocarbonyl (C=S) groups is 1. The predicted octanol–water partition coefficient (Wildman–Crippen LogP) is 3.41. The molecule has 2 N–H and O–H groups in total. The number of rotatable bonds is 3. The molecule has 21 heavy (non-hydrogen) atoms. The van der Waals surface area contributed by atoms with Gasteiger partial charge in [0.15, 0.2) is 10.2 Å². The molecule has 0 saturated heterocycles. The molecule has 2 rings (SSSR count). The first-order valence-corrected chi connectivity index (χ1v) is 7.95. The second-order valence-electron chi connectivity index (χ2n) is 4.02. The van der Waals surface area contributed by atoms with E-state index in [-0.39, 0.29) is 11.0 Å². The number of hydrogen-bond acceptors (Lipinski definition) is 5. The molecule has 0 fully saturated rings. The number of anilines is 1. The summed E-state index contributed by atoms with van der Waals surface area (Å²) < 4.78 is 6.06. The fourth-order valence-electron chi connectivity index (χ4n) is 1.58. The normalized spacial score (nSPS) is 10.0. The van der Waals surface area contributed by atoms with Crippen molar-refractivity contribution in [3.63, 3.8) is 0 Å². The molecule has 0 bridgehead atoms. The van der Waals surface area contributed by atoms with Gasteiger partial charge in [-0.1, -0.05) is 0 Å². The highest BCUT2D eigenvalue weighted by Gasteiger charge is 2.09. The van der Waals surface area contributed by atoms with Gasteiger partial charge in [0, 0.05) is 17.9 Å². The van der Waals surface area contributed by atoms with E-state index in [1.165, 1.54) is 18.3 Å². The zero-order chi connectivity index (χ0) is 15.4. The zero-order valence-corrected chi connectivity index (χ0v) is 14.5. The number of carbonyl (C=O) groups excluding carboxylic acids is 1. The molecule has 0 aliphatic heterocycles. The van der Waals surface area contributed by atoms with Crippen LogP contribution in [0.2, 0.25) is 0 Å². The Balaban J connectivity index is 2.14. The summed E-state index contributed by atoms with van der Waals surface area (Å²) in [6, 6.07) is 5.73. The summed E-state index contributed by atoms with van der Waals surface area (Å²) in [5.74, 6) is 0.544. The zero-order valence-electron chi connectivity index (χ0n) is 11.3. The number of amides is 1. The second kappa shape index (κ2) is 6.97. The average Bonchev–Trinajstić information content (AvgIpc) is 2.86. The third kappa shape index (κ3) is 4.23. The molecular weight excluding hydrogens is 374 g/mol. The lowest BCUT2D eigenvalue weighted by atomic mass is 10.2. The highest BCUT2D eigenvalue weighted by molar-refractivity contribution is 9.10. The van der Waals surface area contributed by atoms with Crippen LogP contribution >= 0.6 is 39.5 Å². The van der Waals surface area contributed by atoms with Crippen LogP contribution in [0.1, 0.15) is 6.92 Å². The monoisotopic (exact) mass is 385 g/mol. The highest BCUT2D eigenvalue weighted by atomic mass is 79.9. The number of ether oxygens (including phenoxy) is 1. The maximum atomic E-state index is 10.9. The van der Waals surface area contributed by atoms with E-state index in [2.05, 4.69) is 31.5 Å². The first-order valence-electron chi connectivity index (χ1n) is 5.87. The van der Waals surface area contributed by atoms with E-state index >= 15 is 0 Å². The van der Waals surface area contributed by atoms with Crippen molar-refractivity contribution >= 4 is 55.6 Å². The molecule has 110 valence electrons. The lowest BCUT2D eigenvalue weighted by Gasteiger charge is -2.05. The standard InChI is InChI=1S/C13H12BrN3O2S2/c1-7(18)15-12(20)17-13-16-10(6-21-13)8-3-4-11(19-2)9(14)5-8/h3-6H,1-2H3,(H2,15,16,17,18,20). The number of methoxy groups -OCH3 is 1. The summed E-state index contributed by atoms with van der Waals surface area (Å²) in [5.41, 5.74) is 1.77. The van der Waals surface area contributed by atoms with Crippen molar-refractivity contribution in [1.29, 1.82) is 0 Å². The molecule has 0 spiro atoms. The molecule has 0 atom stereocenters. The fourth-order valence-corrected chi connectivity index (χ4v) is 3.15. The van der Waals surface area contributed by atoms with Crippen LogP contribution in [-0.4, -0.2) is 23.1 Å². The highest BCUT2D eigenvalue weighted by Crippen LogP contribution is 2.31. The van der Waals surface area contributed by atoms with Crippen molar-refractivity contribution in [2.75, 3.05) is 12.4 Å². The van der Waals surface area contributed by atoms with Crippen molar-refractivity contribution in [3.8, 4) is 17.0 Å². The predicted molar refractivity (Wildman–Crippen MR) is 91.8 cm³/mol. The summed E-state index contributed by atoms with van der Waals surface area (Å²) in [4.78, 5) is 15.3. The summed E-state index contributed by atoms with van der Waals surface area (Å²) >= 11 is 9.84. The lowest BCUT2D eigenvalue weighted by Crippen LogP contribution is -2.32. The molecule has 2 aromatic rings. The Hall–Kier alpha value is -1.51. The van der Waals surface area contributed by atoms with Crippen LogP contribution in [0.15, 0.2) is 28.1 Å². The SMILES string of the molecule is COc1ccc(-c2csc(NC(=S)NC(C)=O)n2)cc1Br. The van der Waals surface area contributed by atoms with Gasteiger partial charge in [-0.15, -0.1) is 11.3 Å². The van der Waals surface area contributed by atoms with Crippen LogP contribution in [0.5, 0.6) is 5.75 Å². The molecule has 1 aromatic carbocycles. The molecule has 1 heterocycles. The molecular formula is C13H12BrN3O2S2. The second-order valence-corrected chi connectivity index (χ2v) is 6.14. The minimum absolute atomic E-state index is 0.219. The minimum atomic E-state index is -0.219. The number of nitrogens with one attached hydrogen (secondary N) is 2. The average molecular weight is 386 g/mol. The smallest absolute Gasteiger partial charge is 0.222 e. The van der Waals surface area contributed by atoms with Crippen molar-refractivity contribution in [2.24, 2.45) is 0 Å². The minimum Gasteiger partial charge on any atom is -0.496 e. The van der Waals surface area contributed by atoms with E-state index in [0.29, 0.717) is 5.13 Å². The van der Waals surface area contributed by atoms with E-state index < -0.39 is 0 Å². The van der Waals surface area contributed by atoms with E-state index in [9.17, 15) is 4.79 Å². The number of nitrogens with zero attached hydrogens (tertiary/aromatic N) is 1. The molecule has 0 saturated carbocycles. The van der Waals surface area contributed by atoms with Gasteiger partial charge in [0.05, 0.1) is 17.3 Å². The number of carbonyl (C=O) groups is 1. The van der Waals surface area contributed by atoms with E-state index in [1.807, 2.05) is 23.6 Å². The van der Waals surface area contributed by atoms with Crippen molar-refractivity contribution in [1.82, 2.24) is 10.3 Å². The summed E-state index contributed by atoms with van der Waals surface area (Å²) in [6.45, 7) is 1.40. The Morgan fingerprint density at radius 2 is 2.24 bits per heavy atom. The Morgan fingerprint density at radius 3 is 2.86 bits per heavy atom. The van der Waals surface area contributed by atoms with Gasteiger partial charge >= 0.3 is 0 Å². The Labute approximate surface area is 139 Å². The van der Waals surface area contributed by atoms with E-state index in [1.54, 1.807) is 7.11 Å². The van der Waals surface area contributed by atoms with Gasteiger partial charge in [0.2, 0.25) is 5.91 Å². The summed E-state index contributed by atoms with van der Waals surface area (Å²) in [6.07, 6.45) is 0. The fraction of sp³-hybridized carbons (Fsp3) is 0.154. The lowest BCUT2D eigenvalue weighted by molar-refractivity contribution is -0.117. The van der Waals surface area contributed by atoms with Crippen LogP contribution in [0.25, 0.3) is 11.3 Å². The molecule has 1 amide bonds. The van der Waals surface area contributed by atoms with Gasteiger partial charge < -0.3 is 15.4 Å². The number of benzene rings is 1. The van der Waals surface area contributed by atoms with Gasteiger partial charge in [-0.3, -0.25) is 4.79 Å². The number of thiazole rings is 1. The summed E-state index contributed by atoms with van der Waals surface area (Å²) in [5, 5.41) is 8.13. The number of hydrogen-bond donors (Lipinski definition) is 2.